The second-order valence-corrected chi connectivity index (χ2v) is 11.1. The average Bonchev–Trinajstić information content (AvgIpc) is 3.60. The summed E-state index contributed by atoms with van der Waals surface area (Å²) in [4.78, 5) is 28.0. The molecule has 0 saturated heterocycles. The van der Waals surface area contributed by atoms with Gasteiger partial charge in [-0.15, -0.1) is 10.2 Å². The number of para-hydroxylation sites is 1. The molecule has 1 aromatic heterocycles. The van der Waals surface area contributed by atoms with Crippen LogP contribution in [0.5, 0.6) is 5.75 Å². The first kappa shape index (κ1) is 28.4. The number of benzene rings is 3. The molecule has 1 aliphatic heterocycles. The first-order valence-electron chi connectivity index (χ1n) is 14.0. The molecule has 5 rings (SSSR count). The summed E-state index contributed by atoms with van der Waals surface area (Å²) in [6.45, 7) is 7.71. The molecule has 8 nitrogen and oxygen atoms in total. The van der Waals surface area contributed by atoms with Crippen molar-refractivity contribution in [3.8, 4) is 11.4 Å². The molecule has 2 amide bonds. The number of aromatic nitrogens is 3. The summed E-state index contributed by atoms with van der Waals surface area (Å²) in [6.07, 6.45) is 2.92. The Labute approximate surface area is 245 Å². The summed E-state index contributed by atoms with van der Waals surface area (Å²) < 4.78 is 7.65. The number of rotatable bonds is 11. The topological polar surface area (TPSA) is 89.3 Å². The van der Waals surface area contributed by atoms with E-state index in [1.807, 2.05) is 53.6 Å². The van der Waals surface area contributed by atoms with Crippen LogP contribution in [-0.4, -0.2) is 45.5 Å². The Morgan fingerprint density at radius 3 is 2.61 bits per heavy atom. The van der Waals surface area contributed by atoms with Gasteiger partial charge in [0, 0.05) is 17.8 Å². The highest BCUT2D eigenvalue weighted by Crippen LogP contribution is 2.30. The number of anilines is 1. The standard InChI is InChI=1S/C32H35N5O3S/c1-4-5-18-40-26-14-12-25(13-15-26)31(39)33-20-29-34-35-32(37(29)28-19-22(2)10-11-23(28)3)41-21-30(38)36-17-16-24-8-6-7-9-27(24)36/h6-15,19H,4-5,16-18,20-21H2,1-3H3,(H,33,39). The first-order valence-corrected chi connectivity index (χ1v) is 15.0. The molecule has 1 N–H and O–H groups in total. The molecule has 3 aromatic carbocycles. The molecule has 0 spiro atoms. The van der Waals surface area contributed by atoms with Gasteiger partial charge in [0.25, 0.3) is 5.91 Å². The number of ether oxygens (including phenoxy) is 1. The number of nitrogens with one attached hydrogen (secondary N) is 1. The van der Waals surface area contributed by atoms with Gasteiger partial charge in [-0.2, -0.15) is 0 Å². The van der Waals surface area contributed by atoms with Crippen LogP contribution in [0.3, 0.4) is 0 Å². The third kappa shape index (κ3) is 6.62. The van der Waals surface area contributed by atoms with E-state index in [1.165, 1.54) is 17.3 Å². The number of hydrogen-bond donors (Lipinski definition) is 1. The predicted molar refractivity (Wildman–Crippen MR) is 162 cm³/mol. The van der Waals surface area contributed by atoms with E-state index in [1.54, 1.807) is 12.1 Å². The molecule has 2 heterocycles. The number of aryl methyl sites for hydroxylation is 2. The van der Waals surface area contributed by atoms with Gasteiger partial charge >= 0.3 is 0 Å². The number of hydrogen-bond acceptors (Lipinski definition) is 6. The fourth-order valence-corrected chi connectivity index (χ4v) is 5.65. The lowest BCUT2D eigenvalue weighted by molar-refractivity contribution is -0.116. The van der Waals surface area contributed by atoms with Crippen LogP contribution < -0.4 is 15.0 Å². The van der Waals surface area contributed by atoms with Crippen molar-refractivity contribution < 1.29 is 14.3 Å². The number of fused-ring (bicyclic) bond motifs is 1. The summed E-state index contributed by atoms with van der Waals surface area (Å²) in [7, 11) is 0. The summed E-state index contributed by atoms with van der Waals surface area (Å²) in [5, 5.41) is 12.5. The third-order valence-electron chi connectivity index (χ3n) is 7.11. The van der Waals surface area contributed by atoms with Gasteiger partial charge in [-0.1, -0.05) is 55.4 Å². The number of carbonyl (C=O) groups excluding carboxylic acids is 2. The SMILES string of the molecule is CCCCOc1ccc(C(=O)NCc2nnc(SCC(=O)N3CCc4ccccc43)n2-c2cc(C)ccc2C)cc1. The minimum absolute atomic E-state index is 0.0347. The van der Waals surface area contributed by atoms with Gasteiger partial charge in [0.05, 0.1) is 24.6 Å². The highest BCUT2D eigenvalue weighted by molar-refractivity contribution is 7.99. The Bertz CT molecular complexity index is 1530. The van der Waals surface area contributed by atoms with Gasteiger partial charge in [0.2, 0.25) is 5.91 Å². The average molecular weight is 570 g/mol. The van der Waals surface area contributed by atoms with Gasteiger partial charge < -0.3 is 15.0 Å². The number of thioether (sulfide) groups is 1. The second-order valence-electron chi connectivity index (χ2n) is 10.1. The van der Waals surface area contributed by atoms with Crippen LogP contribution in [0.1, 0.15) is 52.6 Å². The maximum atomic E-state index is 13.2. The second kappa shape index (κ2) is 13.0. The fraction of sp³-hybridized carbons (Fsp3) is 0.312. The molecule has 9 heteroatoms. The fourth-order valence-electron chi connectivity index (χ4n) is 4.81. The highest BCUT2D eigenvalue weighted by Gasteiger charge is 2.25. The van der Waals surface area contributed by atoms with Crippen molar-refractivity contribution in [3.63, 3.8) is 0 Å². The van der Waals surface area contributed by atoms with Gasteiger partial charge in [-0.3, -0.25) is 14.2 Å². The van der Waals surface area contributed by atoms with Gasteiger partial charge in [-0.05, 0) is 79.8 Å². The summed E-state index contributed by atoms with van der Waals surface area (Å²) in [5.41, 5.74) is 5.78. The Kier molecular flexibility index (Phi) is 9.04. The van der Waals surface area contributed by atoms with Gasteiger partial charge in [-0.25, -0.2) is 0 Å². The summed E-state index contributed by atoms with van der Waals surface area (Å²) in [5.74, 6) is 1.40. The van der Waals surface area contributed by atoms with Crippen LogP contribution in [0, 0.1) is 13.8 Å². The zero-order valence-electron chi connectivity index (χ0n) is 23.7. The number of unbranched alkanes of at least 4 members (excludes halogenated alkanes) is 1. The van der Waals surface area contributed by atoms with Crippen molar-refractivity contribution in [2.24, 2.45) is 0 Å². The normalized spacial score (nSPS) is 12.3. The van der Waals surface area contributed by atoms with E-state index in [-0.39, 0.29) is 24.1 Å². The van der Waals surface area contributed by atoms with Crippen molar-refractivity contribution in [1.29, 1.82) is 0 Å². The third-order valence-corrected chi connectivity index (χ3v) is 8.02. The number of carbonyl (C=O) groups is 2. The Morgan fingerprint density at radius 1 is 1.00 bits per heavy atom. The van der Waals surface area contributed by atoms with Crippen molar-refractivity contribution in [3.05, 3.63) is 94.8 Å². The van der Waals surface area contributed by atoms with E-state index in [0.717, 1.165) is 47.5 Å². The smallest absolute Gasteiger partial charge is 0.251 e. The van der Waals surface area contributed by atoms with Gasteiger partial charge in [0.15, 0.2) is 11.0 Å². The molecule has 0 saturated carbocycles. The lowest BCUT2D eigenvalue weighted by atomic mass is 10.1. The molecule has 0 fully saturated rings. The predicted octanol–water partition coefficient (Wildman–Crippen LogP) is 5.67. The molecule has 0 atom stereocenters. The van der Waals surface area contributed by atoms with E-state index in [9.17, 15) is 9.59 Å². The van der Waals surface area contributed by atoms with Crippen LogP contribution in [0.25, 0.3) is 5.69 Å². The molecule has 0 unspecified atom stereocenters. The van der Waals surface area contributed by atoms with E-state index in [4.69, 9.17) is 4.74 Å². The highest BCUT2D eigenvalue weighted by atomic mass is 32.2. The first-order chi connectivity index (χ1) is 19.9. The van der Waals surface area contributed by atoms with Crippen LogP contribution in [0.15, 0.2) is 71.9 Å². The van der Waals surface area contributed by atoms with Crippen LogP contribution >= 0.6 is 11.8 Å². The zero-order valence-corrected chi connectivity index (χ0v) is 24.5. The number of amides is 2. The van der Waals surface area contributed by atoms with E-state index >= 15 is 0 Å². The van der Waals surface area contributed by atoms with Gasteiger partial charge in [0.1, 0.15) is 5.75 Å². The van der Waals surface area contributed by atoms with Crippen LogP contribution in [0.4, 0.5) is 5.69 Å². The van der Waals surface area contributed by atoms with Crippen molar-refractivity contribution in [2.75, 3.05) is 23.8 Å². The molecule has 41 heavy (non-hydrogen) atoms. The Hall–Kier alpha value is -4.11. The van der Waals surface area contributed by atoms with Crippen molar-refractivity contribution in [2.45, 2.75) is 51.7 Å². The lowest BCUT2D eigenvalue weighted by Gasteiger charge is -2.17. The maximum Gasteiger partial charge on any atom is 0.251 e. The summed E-state index contributed by atoms with van der Waals surface area (Å²) >= 11 is 1.36. The van der Waals surface area contributed by atoms with Crippen LogP contribution in [-0.2, 0) is 17.8 Å². The molecule has 0 aliphatic carbocycles. The minimum atomic E-state index is -0.210. The molecular formula is C32H35N5O3S. The Balaban J connectivity index is 1.31. The zero-order chi connectivity index (χ0) is 28.8. The lowest BCUT2D eigenvalue weighted by Crippen LogP contribution is -2.30. The molecule has 0 radical (unpaired) electrons. The molecule has 212 valence electrons. The molecule has 1 aliphatic rings. The van der Waals surface area contributed by atoms with E-state index in [0.29, 0.717) is 29.7 Å². The van der Waals surface area contributed by atoms with E-state index < -0.39 is 0 Å². The quantitative estimate of drug-likeness (QED) is 0.185. The molecular weight excluding hydrogens is 534 g/mol. The van der Waals surface area contributed by atoms with E-state index in [2.05, 4.69) is 46.7 Å². The van der Waals surface area contributed by atoms with Crippen molar-refractivity contribution in [1.82, 2.24) is 20.1 Å². The minimum Gasteiger partial charge on any atom is -0.494 e. The Morgan fingerprint density at radius 2 is 1.80 bits per heavy atom. The maximum absolute atomic E-state index is 13.2. The summed E-state index contributed by atoms with van der Waals surface area (Å²) in [6, 6.07) is 21.4. The molecule has 0 bridgehead atoms. The van der Waals surface area contributed by atoms with Crippen molar-refractivity contribution >= 4 is 29.3 Å². The monoisotopic (exact) mass is 569 g/mol. The van der Waals surface area contributed by atoms with Crippen LogP contribution in [0.2, 0.25) is 0 Å². The molecule has 4 aromatic rings. The largest absolute Gasteiger partial charge is 0.494 e. The number of nitrogens with zero attached hydrogens (tertiary/aromatic N) is 4.